The maximum absolute atomic E-state index is 6.08. The summed E-state index contributed by atoms with van der Waals surface area (Å²) >= 11 is 7.62. The van der Waals surface area contributed by atoms with Crippen LogP contribution in [0.3, 0.4) is 0 Å². The van der Waals surface area contributed by atoms with Crippen LogP contribution in [0.25, 0.3) is 16.2 Å². The summed E-state index contributed by atoms with van der Waals surface area (Å²) in [7, 11) is 0. The van der Waals surface area contributed by atoms with Gasteiger partial charge in [0.1, 0.15) is 16.3 Å². The number of hydrogen-bond donors (Lipinski definition) is 0. The van der Waals surface area contributed by atoms with Gasteiger partial charge in [0.25, 0.3) is 0 Å². The van der Waals surface area contributed by atoms with E-state index in [4.69, 9.17) is 21.3 Å². The lowest BCUT2D eigenvalue weighted by Crippen LogP contribution is -2.07. The molecule has 20 heavy (non-hydrogen) atoms. The van der Waals surface area contributed by atoms with Gasteiger partial charge in [-0.15, -0.1) is 11.3 Å². The van der Waals surface area contributed by atoms with E-state index in [9.17, 15) is 0 Å². The summed E-state index contributed by atoms with van der Waals surface area (Å²) in [4.78, 5) is 9.25. The zero-order chi connectivity index (χ0) is 13.5. The number of hydrogen-bond acceptors (Lipinski definition) is 4. The molecule has 3 aromatic heterocycles. The van der Waals surface area contributed by atoms with E-state index >= 15 is 0 Å². The van der Waals surface area contributed by atoms with Crippen molar-refractivity contribution >= 4 is 34.1 Å². The molecule has 0 saturated carbocycles. The average molecular weight is 306 g/mol. The summed E-state index contributed by atoms with van der Waals surface area (Å²) in [6, 6.07) is 7.83. The number of imidazole rings is 1. The molecule has 1 saturated heterocycles. The van der Waals surface area contributed by atoms with Crippen molar-refractivity contribution in [3.05, 3.63) is 40.6 Å². The first kappa shape index (κ1) is 12.3. The van der Waals surface area contributed by atoms with Crippen molar-refractivity contribution in [1.29, 1.82) is 0 Å². The quantitative estimate of drug-likeness (QED) is 0.725. The second kappa shape index (κ2) is 4.84. The van der Waals surface area contributed by atoms with Crippen molar-refractivity contribution in [2.75, 3.05) is 13.2 Å². The van der Waals surface area contributed by atoms with Gasteiger partial charge in [0.2, 0.25) is 0 Å². The van der Waals surface area contributed by atoms with E-state index in [-0.39, 0.29) is 0 Å². The maximum atomic E-state index is 6.08. The number of fused-ring (bicyclic) bond motifs is 1. The third-order valence-electron chi connectivity index (χ3n) is 3.52. The van der Waals surface area contributed by atoms with Crippen LogP contribution < -0.4 is 0 Å². The third kappa shape index (κ3) is 1.93. The molecule has 0 bridgehead atoms. The topological polar surface area (TPSA) is 39.9 Å². The van der Waals surface area contributed by atoms with E-state index < -0.39 is 0 Å². The molecule has 0 amide bonds. The highest BCUT2D eigenvalue weighted by Gasteiger charge is 2.26. The monoisotopic (exact) mass is 305 g/mol. The molecular weight excluding hydrogens is 294 g/mol. The summed E-state index contributed by atoms with van der Waals surface area (Å²) in [5, 5.41) is 1.05. The highest BCUT2D eigenvalue weighted by Crippen LogP contribution is 2.33. The molecule has 4 heterocycles. The summed E-state index contributed by atoms with van der Waals surface area (Å²) < 4.78 is 8.39. The van der Waals surface area contributed by atoms with Crippen molar-refractivity contribution in [3.63, 3.8) is 0 Å². The number of pyridine rings is 1. The molecule has 0 aliphatic carbocycles. The standard InChI is InChI=1S/C14H12ClN3OS/c15-11-3-4-12(20-11)18-13(9-5-7-19-8-9)17-10-2-1-6-16-14(10)18/h1-4,6,9H,5,7-8H2. The van der Waals surface area contributed by atoms with Gasteiger partial charge < -0.3 is 4.74 Å². The molecule has 102 valence electrons. The highest BCUT2D eigenvalue weighted by atomic mass is 35.5. The predicted octanol–water partition coefficient (Wildman–Crippen LogP) is 3.64. The van der Waals surface area contributed by atoms with Crippen LogP contribution >= 0.6 is 22.9 Å². The molecule has 1 aliphatic rings. The van der Waals surface area contributed by atoms with Crippen molar-refractivity contribution < 1.29 is 4.74 Å². The molecule has 4 nitrogen and oxygen atoms in total. The summed E-state index contributed by atoms with van der Waals surface area (Å²) in [6.07, 6.45) is 2.80. The Morgan fingerprint density at radius 2 is 2.30 bits per heavy atom. The Hall–Kier alpha value is -1.43. The van der Waals surface area contributed by atoms with Crippen LogP contribution in [0.15, 0.2) is 30.5 Å². The van der Waals surface area contributed by atoms with Gasteiger partial charge in [0.15, 0.2) is 5.65 Å². The van der Waals surface area contributed by atoms with Gasteiger partial charge in [-0.25, -0.2) is 9.97 Å². The molecule has 1 aliphatic heterocycles. The SMILES string of the molecule is Clc1ccc(-n2c(C3CCOC3)nc3cccnc32)s1. The van der Waals surface area contributed by atoms with Gasteiger partial charge in [0, 0.05) is 18.7 Å². The fraction of sp³-hybridized carbons (Fsp3) is 0.286. The van der Waals surface area contributed by atoms with Crippen molar-refractivity contribution in [2.45, 2.75) is 12.3 Å². The van der Waals surface area contributed by atoms with E-state index in [2.05, 4.69) is 9.55 Å². The number of nitrogens with zero attached hydrogens (tertiary/aromatic N) is 3. The van der Waals surface area contributed by atoms with E-state index in [1.165, 1.54) is 0 Å². The van der Waals surface area contributed by atoms with Crippen molar-refractivity contribution in [3.8, 4) is 5.00 Å². The Bertz CT molecular complexity index is 761. The number of thiophene rings is 1. The van der Waals surface area contributed by atoms with Gasteiger partial charge >= 0.3 is 0 Å². The molecule has 0 radical (unpaired) electrons. The number of halogens is 1. The van der Waals surface area contributed by atoms with Gasteiger partial charge in [0.05, 0.1) is 10.9 Å². The maximum Gasteiger partial charge on any atom is 0.165 e. The molecule has 4 rings (SSSR count). The minimum atomic E-state index is 0.324. The van der Waals surface area contributed by atoms with Crippen LogP contribution in [-0.4, -0.2) is 27.7 Å². The van der Waals surface area contributed by atoms with Gasteiger partial charge in [-0.3, -0.25) is 4.57 Å². The Morgan fingerprint density at radius 1 is 1.35 bits per heavy atom. The van der Waals surface area contributed by atoms with Gasteiger partial charge in [-0.2, -0.15) is 0 Å². The van der Waals surface area contributed by atoms with E-state index in [0.717, 1.165) is 46.0 Å². The zero-order valence-electron chi connectivity index (χ0n) is 10.6. The molecule has 1 fully saturated rings. The summed E-state index contributed by atoms with van der Waals surface area (Å²) in [6.45, 7) is 1.52. The minimum Gasteiger partial charge on any atom is -0.381 e. The fourth-order valence-corrected chi connectivity index (χ4v) is 3.63. The largest absolute Gasteiger partial charge is 0.381 e. The molecule has 0 spiro atoms. The van der Waals surface area contributed by atoms with Crippen molar-refractivity contribution in [1.82, 2.24) is 14.5 Å². The van der Waals surface area contributed by atoms with Crippen LogP contribution in [0.4, 0.5) is 0 Å². The first-order valence-corrected chi connectivity index (χ1v) is 7.69. The van der Waals surface area contributed by atoms with Crippen LogP contribution in [0, 0.1) is 0 Å². The van der Waals surface area contributed by atoms with Gasteiger partial charge in [-0.05, 0) is 30.7 Å². The molecule has 6 heteroatoms. The number of ether oxygens (including phenoxy) is 1. The normalized spacial score (nSPS) is 18.9. The second-order valence-electron chi connectivity index (χ2n) is 4.79. The minimum absolute atomic E-state index is 0.324. The Balaban J connectivity index is 1.97. The van der Waals surface area contributed by atoms with E-state index in [0.29, 0.717) is 5.92 Å². The smallest absolute Gasteiger partial charge is 0.165 e. The molecule has 0 aromatic carbocycles. The van der Waals surface area contributed by atoms with Crippen LogP contribution in [0.1, 0.15) is 18.2 Å². The summed E-state index contributed by atoms with van der Waals surface area (Å²) in [5.74, 6) is 1.35. The molecule has 1 atom stereocenters. The third-order valence-corrected chi connectivity index (χ3v) is 4.73. The molecule has 3 aromatic rings. The molecule has 0 N–H and O–H groups in total. The zero-order valence-corrected chi connectivity index (χ0v) is 12.2. The van der Waals surface area contributed by atoms with Crippen LogP contribution in [-0.2, 0) is 4.74 Å². The first-order valence-electron chi connectivity index (χ1n) is 6.50. The Kier molecular flexibility index (Phi) is 2.98. The molecule has 1 unspecified atom stereocenters. The number of rotatable bonds is 2. The fourth-order valence-electron chi connectivity index (χ4n) is 2.58. The Labute approximate surface area is 125 Å². The van der Waals surface area contributed by atoms with E-state index in [1.54, 1.807) is 17.5 Å². The first-order chi connectivity index (χ1) is 9.83. The Morgan fingerprint density at radius 3 is 3.05 bits per heavy atom. The lowest BCUT2D eigenvalue weighted by molar-refractivity contribution is 0.193. The predicted molar refractivity (Wildman–Crippen MR) is 79.9 cm³/mol. The van der Waals surface area contributed by atoms with E-state index in [1.807, 2.05) is 24.3 Å². The van der Waals surface area contributed by atoms with Crippen LogP contribution in [0.5, 0.6) is 0 Å². The highest BCUT2D eigenvalue weighted by molar-refractivity contribution is 7.18. The summed E-state index contributed by atoms with van der Waals surface area (Å²) in [5.41, 5.74) is 1.80. The van der Waals surface area contributed by atoms with Gasteiger partial charge in [-0.1, -0.05) is 11.6 Å². The number of aromatic nitrogens is 3. The van der Waals surface area contributed by atoms with Crippen LogP contribution in [0.2, 0.25) is 4.34 Å². The van der Waals surface area contributed by atoms with Crippen molar-refractivity contribution in [2.24, 2.45) is 0 Å². The lowest BCUT2D eigenvalue weighted by Gasteiger charge is -2.10. The second-order valence-corrected chi connectivity index (χ2v) is 6.48. The molecular formula is C14H12ClN3OS. The average Bonchev–Trinajstić information content (AvgIpc) is 3.16. The lowest BCUT2D eigenvalue weighted by atomic mass is 10.1.